The number of aliphatic hydroxyl groups is 2. The molecule has 0 spiro atoms. The molecule has 3 heterocycles. The number of carbonyl (C=O) groups is 1. The van der Waals surface area contributed by atoms with E-state index >= 15 is 0 Å². The van der Waals surface area contributed by atoms with Gasteiger partial charge < -0.3 is 29.7 Å². The van der Waals surface area contributed by atoms with Crippen LogP contribution in [0.5, 0.6) is 0 Å². The first-order chi connectivity index (χ1) is 15.1. The zero-order chi connectivity index (χ0) is 21.8. The molecule has 3 N–H and O–H groups in total. The van der Waals surface area contributed by atoms with Crippen LogP contribution in [0.4, 0.5) is 5.82 Å². The fourth-order valence-electron chi connectivity index (χ4n) is 3.44. The fraction of sp³-hybridized carbons (Fsp3) is 0.400. The van der Waals surface area contributed by atoms with Crippen molar-refractivity contribution in [1.82, 2.24) is 19.5 Å². The van der Waals surface area contributed by atoms with Gasteiger partial charge in [-0.2, -0.15) is 0 Å². The molecule has 2 aromatic heterocycles. The van der Waals surface area contributed by atoms with Crippen LogP contribution in [0, 0.1) is 0 Å². The molecule has 1 amide bonds. The number of hydrogen-bond acceptors (Lipinski definition) is 9. The lowest BCUT2D eigenvalue weighted by molar-refractivity contribution is -0.0785. The van der Waals surface area contributed by atoms with E-state index < -0.39 is 24.5 Å². The number of aliphatic hydroxyl groups excluding tert-OH is 2. The van der Waals surface area contributed by atoms with Gasteiger partial charge in [0, 0.05) is 12.7 Å². The molecule has 0 saturated carbocycles. The second kappa shape index (κ2) is 9.45. The Bertz CT molecular complexity index is 1030. The highest BCUT2D eigenvalue weighted by atomic mass is 16.6. The van der Waals surface area contributed by atoms with Crippen LogP contribution in [0.15, 0.2) is 43.0 Å². The van der Waals surface area contributed by atoms with Crippen LogP contribution in [0.1, 0.15) is 16.6 Å². The van der Waals surface area contributed by atoms with Gasteiger partial charge in [0.25, 0.3) is 5.91 Å². The molecule has 0 bridgehead atoms. The molecule has 1 fully saturated rings. The minimum absolute atomic E-state index is 0.232. The van der Waals surface area contributed by atoms with E-state index in [1.165, 1.54) is 12.7 Å². The van der Waals surface area contributed by atoms with Crippen LogP contribution in [-0.4, -0.2) is 80.9 Å². The van der Waals surface area contributed by atoms with Crippen molar-refractivity contribution >= 4 is 22.9 Å². The molecule has 4 rings (SSSR count). The lowest BCUT2D eigenvalue weighted by Crippen LogP contribution is -2.36. The molecule has 31 heavy (non-hydrogen) atoms. The topological polar surface area (TPSA) is 141 Å². The van der Waals surface area contributed by atoms with E-state index in [0.717, 1.165) is 0 Å². The molecule has 11 nitrogen and oxygen atoms in total. The molecular weight excluding hydrogens is 406 g/mol. The van der Waals surface area contributed by atoms with Crippen molar-refractivity contribution in [3.05, 3.63) is 48.5 Å². The Labute approximate surface area is 177 Å². The highest BCUT2D eigenvalue weighted by molar-refractivity contribution is 6.06. The highest BCUT2D eigenvalue weighted by Crippen LogP contribution is 2.34. The molecular formula is C20H23N5O6. The van der Waals surface area contributed by atoms with Crippen LogP contribution >= 0.6 is 0 Å². The Morgan fingerprint density at radius 2 is 2.03 bits per heavy atom. The van der Waals surface area contributed by atoms with Gasteiger partial charge >= 0.3 is 0 Å². The number of imidazole rings is 1. The number of fused-ring (bicyclic) bond motifs is 1. The molecule has 3 aromatic rings. The van der Waals surface area contributed by atoms with Crippen molar-refractivity contribution in [3.8, 4) is 0 Å². The molecule has 0 radical (unpaired) electrons. The Morgan fingerprint density at radius 1 is 1.23 bits per heavy atom. The van der Waals surface area contributed by atoms with Crippen molar-refractivity contribution in [2.24, 2.45) is 0 Å². The first-order valence-corrected chi connectivity index (χ1v) is 9.73. The van der Waals surface area contributed by atoms with Crippen LogP contribution in [0.25, 0.3) is 11.2 Å². The molecule has 11 heteroatoms. The summed E-state index contributed by atoms with van der Waals surface area (Å²) in [4.78, 5) is 25.3. The predicted octanol–water partition coefficient (Wildman–Crippen LogP) is 0.361. The van der Waals surface area contributed by atoms with E-state index in [-0.39, 0.29) is 24.9 Å². The summed E-state index contributed by atoms with van der Waals surface area (Å²) in [5, 5.41) is 22.8. The van der Waals surface area contributed by atoms with Crippen molar-refractivity contribution in [2.45, 2.75) is 24.5 Å². The third-order valence-corrected chi connectivity index (χ3v) is 4.99. The number of aromatic nitrogens is 4. The quantitative estimate of drug-likeness (QED) is 0.433. The summed E-state index contributed by atoms with van der Waals surface area (Å²) in [5.74, 6) is -0.0875. The molecule has 1 saturated heterocycles. The third kappa shape index (κ3) is 4.27. The highest BCUT2D eigenvalue weighted by Gasteiger charge is 2.45. The number of nitrogens with zero attached hydrogens (tertiary/aromatic N) is 4. The SMILES string of the molecule is COCCOC1C(O)[C@@H](CO)O[C@H]1n1cnc2c(NC(=O)c3ccccc3)ncnc21. The molecule has 164 valence electrons. The van der Waals surface area contributed by atoms with Crippen LogP contribution in [0.3, 0.4) is 0 Å². The number of nitrogens with one attached hydrogen (secondary N) is 1. The maximum atomic E-state index is 12.5. The first kappa shape index (κ1) is 21.3. The predicted molar refractivity (Wildman–Crippen MR) is 108 cm³/mol. The number of methoxy groups -OCH3 is 1. The van der Waals surface area contributed by atoms with Gasteiger partial charge in [0.05, 0.1) is 26.1 Å². The van der Waals surface area contributed by atoms with Crippen molar-refractivity contribution in [3.63, 3.8) is 0 Å². The average molecular weight is 429 g/mol. The smallest absolute Gasteiger partial charge is 0.256 e. The lowest BCUT2D eigenvalue weighted by atomic mass is 10.1. The molecule has 1 aliphatic rings. The van der Waals surface area contributed by atoms with Gasteiger partial charge in [-0.15, -0.1) is 0 Å². The maximum absolute atomic E-state index is 12.5. The van der Waals surface area contributed by atoms with E-state index in [1.54, 1.807) is 35.9 Å². The van der Waals surface area contributed by atoms with Gasteiger partial charge in [-0.3, -0.25) is 9.36 Å². The van der Waals surface area contributed by atoms with Crippen molar-refractivity contribution in [1.29, 1.82) is 0 Å². The Kier molecular flexibility index (Phi) is 6.49. The van der Waals surface area contributed by atoms with Crippen molar-refractivity contribution in [2.75, 3.05) is 32.2 Å². The minimum Gasteiger partial charge on any atom is -0.394 e. The van der Waals surface area contributed by atoms with E-state index in [2.05, 4.69) is 20.3 Å². The summed E-state index contributed by atoms with van der Waals surface area (Å²) in [6.45, 7) is 0.195. The second-order valence-corrected chi connectivity index (χ2v) is 6.93. The number of amides is 1. The van der Waals surface area contributed by atoms with Gasteiger partial charge in [-0.25, -0.2) is 15.0 Å². The zero-order valence-electron chi connectivity index (χ0n) is 16.8. The molecule has 1 aliphatic heterocycles. The van der Waals surface area contributed by atoms with Crippen LogP contribution in [0.2, 0.25) is 0 Å². The number of anilines is 1. The Morgan fingerprint density at radius 3 is 2.77 bits per heavy atom. The summed E-state index contributed by atoms with van der Waals surface area (Å²) in [7, 11) is 1.55. The first-order valence-electron chi connectivity index (χ1n) is 9.73. The van der Waals surface area contributed by atoms with Crippen LogP contribution in [-0.2, 0) is 14.2 Å². The van der Waals surface area contributed by atoms with Gasteiger partial charge in [-0.1, -0.05) is 18.2 Å². The van der Waals surface area contributed by atoms with E-state index in [0.29, 0.717) is 23.3 Å². The number of hydrogen-bond donors (Lipinski definition) is 3. The van der Waals surface area contributed by atoms with Gasteiger partial charge in [0.2, 0.25) is 0 Å². The van der Waals surface area contributed by atoms with Crippen LogP contribution < -0.4 is 5.32 Å². The lowest BCUT2D eigenvalue weighted by Gasteiger charge is -2.22. The third-order valence-electron chi connectivity index (χ3n) is 4.99. The number of rotatable bonds is 8. The van der Waals surface area contributed by atoms with Crippen molar-refractivity contribution < 1.29 is 29.2 Å². The zero-order valence-corrected chi connectivity index (χ0v) is 16.8. The minimum atomic E-state index is -1.05. The van der Waals surface area contributed by atoms with Gasteiger partial charge in [0.1, 0.15) is 24.6 Å². The number of carbonyl (C=O) groups excluding carboxylic acids is 1. The average Bonchev–Trinajstić information content (AvgIpc) is 3.36. The summed E-state index contributed by atoms with van der Waals surface area (Å²) in [5.41, 5.74) is 1.22. The maximum Gasteiger partial charge on any atom is 0.256 e. The van der Waals surface area contributed by atoms with Gasteiger partial charge in [0.15, 0.2) is 23.2 Å². The van der Waals surface area contributed by atoms with E-state index in [9.17, 15) is 15.0 Å². The second-order valence-electron chi connectivity index (χ2n) is 6.93. The number of ether oxygens (including phenoxy) is 3. The monoisotopic (exact) mass is 429 g/mol. The summed E-state index contributed by atoms with van der Waals surface area (Å²) in [6, 6.07) is 8.74. The summed E-state index contributed by atoms with van der Waals surface area (Å²) >= 11 is 0. The number of benzene rings is 1. The van der Waals surface area contributed by atoms with E-state index in [4.69, 9.17) is 14.2 Å². The van der Waals surface area contributed by atoms with Gasteiger partial charge in [-0.05, 0) is 12.1 Å². The van der Waals surface area contributed by atoms with E-state index in [1.807, 2.05) is 6.07 Å². The Balaban J connectivity index is 1.62. The molecule has 2 unspecified atom stereocenters. The normalized spacial score (nSPS) is 23.3. The molecule has 0 aliphatic carbocycles. The molecule has 4 atom stereocenters. The summed E-state index contributed by atoms with van der Waals surface area (Å²) < 4.78 is 18.2. The Hall–Kier alpha value is -2.96. The fourth-order valence-corrected chi connectivity index (χ4v) is 3.44. The standard InChI is InChI=1S/C20H23N5O6/c1-29-7-8-30-16-15(27)13(9-26)31-20(16)25-11-23-14-17(21-10-22-18(14)25)24-19(28)12-5-3-2-4-6-12/h2-6,10-11,13,15-16,20,26-27H,7-9H2,1H3,(H,21,22,24,28)/t13-,15?,16?,20-/m1/s1. The molecule has 1 aromatic carbocycles. The summed E-state index contributed by atoms with van der Waals surface area (Å²) in [6.07, 6.45) is -0.667. The largest absolute Gasteiger partial charge is 0.394 e.